The zero-order valence-corrected chi connectivity index (χ0v) is 33.9. The van der Waals surface area contributed by atoms with Crippen LogP contribution in [0.5, 0.6) is 0 Å². The number of carbonyl (C=O) groups excluding carboxylic acids is 1. The summed E-state index contributed by atoms with van der Waals surface area (Å²) in [5.41, 5.74) is 4.38. The summed E-state index contributed by atoms with van der Waals surface area (Å²) in [4.78, 5) is 16.9. The van der Waals surface area contributed by atoms with E-state index in [2.05, 4.69) is 49.1 Å². The largest absolute Gasteiger partial charge is 0.393 e. The Morgan fingerprint density at radius 1 is 0.893 bits per heavy atom. The van der Waals surface area contributed by atoms with Crippen LogP contribution >= 0.6 is 0 Å². The van der Waals surface area contributed by atoms with Crippen molar-refractivity contribution in [3.05, 3.63) is 118 Å². The van der Waals surface area contributed by atoms with Crippen LogP contribution in [0.2, 0.25) is 0 Å². The number of ketones is 1. The van der Waals surface area contributed by atoms with Crippen LogP contribution in [0.15, 0.2) is 90.5 Å². The van der Waals surface area contributed by atoms with Crippen LogP contribution in [0.3, 0.4) is 0 Å². The highest BCUT2D eigenvalue weighted by Crippen LogP contribution is 2.62. The number of nitrogens with zero attached hydrogens (tertiary/aromatic N) is 1. The van der Waals surface area contributed by atoms with E-state index in [9.17, 15) is 20.1 Å². The van der Waals surface area contributed by atoms with Gasteiger partial charge in [0.05, 0.1) is 31.0 Å². The first-order chi connectivity index (χ1) is 27.0. The van der Waals surface area contributed by atoms with Gasteiger partial charge in [0.25, 0.3) is 0 Å². The second-order valence-corrected chi connectivity index (χ2v) is 19.4. The van der Waals surface area contributed by atoms with Crippen molar-refractivity contribution in [3.8, 4) is 0 Å². The summed E-state index contributed by atoms with van der Waals surface area (Å²) in [6, 6.07) is 26.0. The lowest BCUT2D eigenvalue weighted by molar-refractivity contribution is -0.115. The van der Waals surface area contributed by atoms with Gasteiger partial charge >= 0.3 is 0 Å². The topological polar surface area (TPSA) is 90.2 Å². The second-order valence-electron chi connectivity index (χ2n) is 19.4. The fraction of sp³-hybridized carbons (Fsp3) is 0.580. The Morgan fingerprint density at radius 2 is 1.57 bits per heavy atom. The minimum Gasteiger partial charge on any atom is -0.393 e. The summed E-state index contributed by atoms with van der Waals surface area (Å²) in [7, 11) is 0. The summed E-state index contributed by atoms with van der Waals surface area (Å²) < 4.78 is 6.08. The molecule has 5 atom stereocenters. The number of ether oxygens (including phenoxy) is 1. The van der Waals surface area contributed by atoms with E-state index in [-0.39, 0.29) is 23.7 Å². The highest BCUT2D eigenvalue weighted by molar-refractivity contribution is 6.10. The monoisotopic (exact) mass is 759 g/mol. The SMILES string of the molecule is CC1=CCC[C@@]2(C)[C@@H](CC[C@@]2(O)CN(C[C@@H](O)COCc2ccccc2)CC23CC4CC(CC(C4)C2)C3)c2ccc(cc2C(=O)c2ccccc2)C[C@@H](O)CC1. The highest BCUT2D eigenvalue weighted by Gasteiger charge is 2.58. The predicted octanol–water partition coefficient (Wildman–Crippen LogP) is 9.05. The third-order valence-electron chi connectivity index (χ3n) is 15.1. The molecule has 0 heterocycles. The molecule has 6 nitrogen and oxygen atoms in total. The van der Waals surface area contributed by atoms with Gasteiger partial charge in [-0.1, -0.05) is 91.4 Å². The van der Waals surface area contributed by atoms with E-state index in [1.807, 2.05) is 54.6 Å². The van der Waals surface area contributed by atoms with E-state index < -0.39 is 23.2 Å². The van der Waals surface area contributed by atoms with Crippen LogP contribution in [-0.4, -0.2) is 70.1 Å². The molecule has 5 fully saturated rings. The van der Waals surface area contributed by atoms with Crippen molar-refractivity contribution in [2.24, 2.45) is 28.6 Å². The Morgan fingerprint density at radius 3 is 2.27 bits per heavy atom. The van der Waals surface area contributed by atoms with Crippen molar-refractivity contribution in [2.45, 2.75) is 128 Å². The Hall–Kier alpha value is -3.13. The molecule has 3 aromatic rings. The zero-order chi connectivity index (χ0) is 38.9. The van der Waals surface area contributed by atoms with Crippen LogP contribution in [-0.2, 0) is 17.8 Å². The van der Waals surface area contributed by atoms with E-state index in [0.717, 1.165) is 66.7 Å². The fourth-order valence-electron chi connectivity index (χ4n) is 12.7. The molecule has 56 heavy (non-hydrogen) atoms. The molecule has 0 unspecified atom stereocenters. The molecule has 0 aliphatic heterocycles. The first-order valence-electron chi connectivity index (χ1n) is 21.8. The maximum Gasteiger partial charge on any atom is 0.193 e. The standard InChI is InChI=1S/C50H65NO5/c1-35-10-9-20-48(2)46(44-18-16-37(25-42(52)17-15-35)26-45(44)47(54)41-13-7-4-8-14-41)19-21-50(48,55)34-51(30-43(53)32-56-31-36-11-5-3-6-12-36)33-49-27-38-22-39(28-49)24-40(23-38)29-49/h3-8,10-14,16,18,26,38-40,42-43,46,52-53,55H,9,15,17,19-25,27-34H2,1-2H3/t38?,39?,40?,42-,43+,46-,48-,49?,50+/m0/s1. The lowest BCUT2D eigenvalue weighted by atomic mass is 9.49. The van der Waals surface area contributed by atoms with Crippen molar-refractivity contribution in [2.75, 3.05) is 26.2 Å². The van der Waals surface area contributed by atoms with Gasteiger partial charge in [-0.05, 0) is 142 Å². The summed E-state index contributed by atoms with van der Waals surface area (Å²) >= 11 is 0. The third kappa shape index (κ3) is 8.52. The molecule has 6 heteroatoms. The molecule has 300 valence electrons. The first kappa shape index (κ1) is 39.7. The van der Waals surface area contributed by atoms with Gasteiger partial charge < -0.3 is 20.1 Å². The van der Waals surface area contributed by atoms with Gasteiger partial charge in [0.1, 0.15) is 0 Å². The number of carbonyl (C=O) groups is 1. The van der Waals surface area contributed by atoms with Gasteiger partial charge in [-0.3, -0.25) is 9.69 Å². The summed E-state index contributed by atoms with van der Waals surface area (Å²) in [6.07, 6.45) is 14.1. The molecule has 6 bridgehead atoms. The normalized spacial score (nSPS) is 33.2. The average molecular weight is 760 g/mol. The van der Waals surface area contributed by atoms with E-state index in [4.69, 9.17) is 4.74 Å². The lowest BCUT2D eigenvalue weighted by Crippen LogP contribution is -2.57. The number of benzene rings is 3. The van der Waals surface area contributed by atoms with Crippen molar-refractivity contribution in [1.82, 2.24) is 4.90 Å². The number of aliphatic hydroxyl groups excluding tert-OH is 2. The molecular formula is C50H65NO5. The highest BCUT2D eigenvalue weighted by atomic mass is 16.5. The number of hydrogen-bond acceptors (Lipinski definition) is 6. The Bertz CT molecular complexity index is 1800. The predicted molar refractivity (Wildman–Crippen MR) is 222 cm³/mol. The number of allylic oxidation sites excluding steroid dienone is 2. The van der Waals surface area contributed by atoms with Gasteiger partial charge in [0.15, 0.2) is 5.78 Å². The van der Waals surface area contributed by atoms with Crippen molar-refractivity contribution >= 4 is 5.78 Å². The molecule has 0 spiro atoms. The van der Waals surface area contributed by atoms with Gasteiger partial charge in [0, 0.05) is 36.2 Å². The molecule has 3 aromatic carbocycles. The Kier molecular flexibility index (Phi) is 11.8. The maximum absolute atomic E-state index is 14.4. The van der Waals surface area contributed by atoms with E-state index in [0.29, 0.717) is 50.1 Å². The van der Waals surface area contributed by atoms with Crippen molar-refractivity contribution in [1.29, 1.82) is 0 Å². The molecule has 5 saturated carbocycles. The molecular weight excluding hydrogens is 695 g/mol. The van der Waals surface area contributed by atoms with Crippen molar-refractivity contribution < 1.29 is 24.9 Å². The quantitative estimate of drug-likeness (QED) is 0.126. The summed E-state index contributed by atoms with van der Waals surface area (Å²) in [5, 5.41) is 36.0. The zero-order valence-electron chi connectivity index (χ0n) is 33.9. The summed E-state index contributed by atoms with van der Waals surface area (Å²) in [5.74, 6) is 2.42. The lowest BCUT2D eigenvalue weighted by Gasteiger charge is -2.58. The smallest absolute Gasteiger partial charge is 0.193 e. The van der Waals surface area contributed by atoms with Crippen molar-refractivity contribution in [3.63, 3.8) is 0 Å². The van der Waals surface area contributed by atoms with Crippen LogP contribution < -0.4 is 0 Å². The molecule has 0 saturated heterocycles. The molecule has 0 radical (unpaired) electrons. The minimum absolute atomic E-state index is 0.000341. The molecule has 7 aliphatic rings. The maximum atomic E-state index is 14.4. The molecule has 7 aliphatic carbocycles. The number of fused-ring (bicyclic) bond motifs is 8. The molecule has 0 aromatic heterocycles. The Labute approximate surface area is 335 Å². The Balaban J connectivity index is 1.12. The average Bonchev–Trinajstić information content (AvgIpc) is 3.42. The fourth-order valence-corrected chi connectivity index (χ4v) is 12.7. The van der Waals surface area contributed by atoms with Gasteiger partial charge in [-0.25, -0.2) is 0 Å². The third-order valence-corrected chi connectivity index (χ3v) is 15.1. The van der Waals surface area contributed by atoms with Gasteiger partial charge in [-0.2, -0.15) is 0 Å². The second kappa shape index (κ2) is 16.6. The van der Waals surface area contributed by atoms with Crippen LogP contribution in [0.1, 0.15) is 129 Å². The van der Waals surface area contributed by atoms with E-state index >= 15 is 0 Å². The number of aliphatic hydroxyl groups is 3. The summed E-state index contributed by atoms with van der Waals surface area (Å²) in [6.45, 7) is 7.03. The van der Waals surface area contributed by atoms with E-state index in [1.165, 1.54) is 44.1 Å². The van der Waals surface area contributed by atoms with Crippen LogP contribution in [0.4, 0.5) is 0 Å². The molecule has 0 amide bonds. The molecule has 3 N–H and O–H groups in total. The first-order valence-corrected chi connectivity index (χ1v) is 21.8. The number of hydrogen-bond donors (Lipinski definition) is 3. The van der Waals surface area contributed by atoms with Gasteiger partial charge in [0.2, 0.25) is 0 Å². The number of rotatable bonds is 12. The van der Waals surface area contributed by atoms with Gasteiger partial charge in [-0.15, -0.1) is 0 Å². The minimum atomic E-state index is -1.04. The van der Waals surface area contributed by atoms with E-state index in [1.54, 1.807) is 0 Å². The van der Waals surface area contributed by atoms with Crippen LogP contribution in [0.25, 0.3) is 0 Å². The van der Waals surface area contributed by atoms with Crippen LogP contribution in [0, 0.1) is 28.6 Å². The molecule has 10 rings (SSSR count).